The van der Waals surface area contributed by atoms with E-state index in [0.717, 1.165) is 57.8 Å². The molecule has 0 amide bonds. The van der Waals surface area contributed by atoms with Gasteiger partial charge < -0.3 is 88.2 Å². The van der Waals surface area contributed by atoms with E-state index in [1.165, 1.54) is 20.8 Å². The quantitative estimate of drug-likeness (QED) is 0.114. The Morgan fingerprint density at radius 2 is 1.19 bits per heavy atom. The van der Waals surface area contributed by atoms with Gasteiger partial charge in [-0.25, -0.2) is 0 Å². The molecule has 21 atom stereocenters. The summed E-state index contributed by atoms with van der Waals surface area (Å²) in [6.45, 7) is 7.38. The topological polar surface area (TPSA) is 288 Å². The Labute approximate surface area is 369 Å². The molecule has 8 N–H and O–H groups in total. The lowest BCUT2D eigenvalue weighted by atomic mass is 9.95. The van der Waals surface area contributed by atoms with E-state index in [2.05, 4.69) is 6.92 Å². The molecule has 0 radical (unpaired) electrons. The van der Waals surface area contributed by atoms with E-state index in [0.29, 0.717) is 19.3 Å². The van der Waals surface area contributed by atoms with E-state index < -0.39 is 141 Å². The zero-order valence-corrected chi connectivity index (χ0v) is 37.2. The number of aliphatic hydroxyl groups is 8. The van der Waals surface area contributed by atoms with Crippen LogP contribution in [0.4, 0.5) is 0 Å². The Bertz CT molecular complexity index is 1380. The molecule has 20 heteroatoms. The van der Waals surface area contributed by atoms with Crippen molar-refractivity contribution in [3.8, 4) is 0 Å². The zero-order chi connectivity index (χ0) is 46.0. The van der Waals surface area contributed by atoms with Gasteiger partial charge in [0.1, 0.15) is 67.1 Å². The lowest BCUT2D eigenvalue weighted by molar-refractivity contribution is -0.399. The number of aliphatic hydroxyl groups excluding tert-OH is 8. The van der Waals surface area contributed by atoms with Gasteiger partial charge in [0.25, 0.3) is 0 Å². The number of hydrogen-bond donors (Lipinski definition) is 8. The minimum Gasteiger partial charge on any atom is -0.455 e. The number of esters is 2. The largest absolute Gasteiger partial charge is 0.455 e. The molecule has 0 aliphatic carbocycles. The summed E-state index contributed by atoms with van der Waals surface area (Å²) in [6, 6.07) is 0. The lowest BCUT2D eigenvalue weighted by Crippen LogP contribution is -2.67. The van der Waals surface area contributed by atoms with Crippen molar-refractivity contribution in [3.05, 3.63) is 0 Å². The van der Waals surface area contributed by atoms with E-state index >= 15 is 0 Å². The molecule has 5 aliphatic heterocycles. The van der Waals surface area contributed by atoms with Crippen molar-refractivity contribution in [1.82, 2.24) is 0 Å². The smallest absolute Gasteiger partial charge is 0.306 e. The molecule has 2 bridgehead atoms. The highest BCUT2D eigenvalue weighted by Gasteiger charge is 2.57. The third-order valence-electron chi connectivity index (χ3n) is 12.7. The normalized spacial score (nSPS) is 45.3. The summed E-state index contributed by atoms with van der Waals surface area (Å²) < 4.78 is 61.5. The SMILES string of the molecule is CCCCCC1CCCCCCCCCC(=O)O[C@H]2[C@@H](OC(=O)CC)[C@H](O[C@H]3[C@H](O[C@H]4[C@H](O1)O[C@H](C)[C@H](O)[C@H]4O)O[C@H](CO)[C@H](O)[C@H]3O)O[C@H](C)[C@H]2O[C@H]1O[C@H](C)[C@H](O)[C@@H](O)[C@H]1O. The van der Waals surface area contributed by atoms with Crippen LogP contribution in [0.15, 0.2) is 0 Å². The van der Waals surface area contributed by atoms with E-state index in [4.69, 9.17) is 47.4 Å². The maximum absolute atomic E-state index is 13.7. The van der Waals surface area contributed by atoms with Crippen LogP contribution >= 0.6 is 0 Å². The number of fused-ring (bicyclic) bond motifs is 4. The van der Waals surface area contributed by atoms with Crippen LogP contribution in [0.2, 0.25) is 0 Å². The molecule has 5 rings (SSSR count). The summed E-state index contributed by atoms with van der Waals surface area (Å²) in [7, 11) is 0. The van der Waals surface area contributed by atoms with Gasteiger partial charge in [0.05, 0.1) is 31.0 Å². The monoisotopic (exact) mass is 910 g/mol. The van der Waals surface area contributed by atoms with Crippen molar-refractivity contribution in [3.63, 3.8) is 0 Å². The highest BCUT2D eigenvalue weighted by Crippen LogP contribution is 2.37. The van der Waals surface area contributed by atoms with E-state index in [1.807, 2.05) is 0 Å². The first-order chi connectivity index (χ1) is 30.1. The summed E-state index contributed by atoms with van der Waals surface area (Å²) in [4.78, 5) is 26.8. The second-order valence-corrected chi connectivity index (χ2v) is 17.6. The van der Waals surface area contributed by atoms with Crippen molar-refractivity contribution in [2.45, 2.75) is 253 Å². The van der Waals surface area contributed by atoms with Crippen LogP contribution in [0, 0.1) is 0 Å². The Balaban J connectivity index is 1.53. The van der Waals surface area contributed by atoms with E-state index in [-0.39, 0.29) is 18.9 Å². The predicted molar refractivity (Wildman–Crippen MR) is 216 cm³/mol. The number of ether oxygens (including phenoxy) is 10. The van der Waals surface area contributed by atoms with Crippen LogP contribution in [0.3, 0.4) is 0 Å². The van der Waals surface area contributed by atoms with Crippen molar-refractivity contribution in [2.75, 3.05) is 6.61 Å². The molecule has 0 saturated carbocycles. The van der Waals surface area contributed by atoms with Crippen LogP contribution in [-0.4, -0.2) is 188 Å². The van der Waals surface area contributed by atoms with Gasteiger partial charge in [-0.2, -0.15) is 0 Å². The summed E-state index contributed by atoms with van der Waals surface area (Å²) in [5, 5.41) is 87.4. The molecule has 5 saturated heterocycles. The van der Waals surface area contributed by atoms with Gasteiger partial charge in [-0.1, -0.05) is 71.6 Å². The summed E-state index contributed by atoms with van der Waals surface area (Å²) in [6.07, 6.45) is -20.7. The number of carbonyl (C=O) groups excluding carboxylic acids is 2. The van der Waals surface area contributed by atoms with Gasteiger partial charge in [-0.3, -0.25) is 9.59 Å². The zero-order valence-electron chi connectivity index (χ0n) is 37.2. The first-order valence-electron chi connectivity index (χ1n) is 23.1. The minimum atomic E-state index is -1.89. The van der Waals surface area contributed by atoms with E-state index in [9.17, 15) is 50.4 Å². The maximum Gasteiger partial charge on any atom is 0.306 e. The highest BCUT2D eigenvalue weighted by atomic mass is 16.8. The summed E-state index contributed by atoms with van der Waals surface area (Å²) in [5.41, 5.74) is 0. The fourth-order valence-electron chi connectivity index (χ4n) is 8.75. The number of carbonyl (C=O) groups is 2. The van der Waals surface area contributed by atoms with Crippen LogP contribution in [0.5, 0.6) is 0 Å². The Morgan fingerprint density at radius 3 is 1.86 bits per heavy atom. The second kappa shape index (κ2) is 24.9. The molecule has 0 aromatic rings. The molecule has 366 valence electrons. The van der Waals surface area contributed by atoms with Crippen LogP contribution in [-0.2, 0) is 57.0 Å². The summed E-state index contributed by atoms with van der Waals surface area (Å²) in [5.74, 6) is -1.47. The van der Waals surface area contributed by atoms with Crippen LogP contribution in [0.1, 0.15) is 125 Å². The Hall–Kier alpha value is -1.70. The molecule has 0 spiro atoms. The van der Waals surface area contributed by atoms with Crippen molar-refractivity contribution in [1.29, 1.82) is 0 Å². The molecule has 0 aromatic carbocycles. The van der Waals surface area contributed by atoms with Gasteiger partial charge in [-0.05, 0) is 40.0 Å². The van der Waals surface area contributed by atoms with Gasteiger partial charge in [0, 0.05) is 12.8 Å². The molecule has 63 heavy (non-hydrogen) atoms. The first kappa shape index (κ1) is 52.3. The standard InChI is InChI=1S/C43H74O20/c1-6-8-14-17-24-18-15-12-10-9-11-13-16-19-27(46)60-38-35(61-40-34(53)31(50)28(47)21(3)54-40)23(5)56-43(39(38)59-26(45)7-2)63-37-33(52)30(49)25(20-44)58-42(37)62-36-32(51)29(48)22(4)55-41(36)57-24/h21-25,28-44,47-53H,6-20H2,1-5H3/t21-,22-,23-,24?,25-,28+,29+,30+,31-,32-,33-,34-,35-,36-,37-,38-,39-,40-,41+,42+,43+/m1/s1. The molecule has 5 aliphatic rings. The molecule has 0 aromatic heterocycles. The molecule has 1 unspecified atom stereocenters. The van der Waals surface area contributed by atoms with Crippen molar-refractivity contribution >= 4 is 11.9 Å². The molecular formula is C43H74O20. The molecule has 5 fully saturated rings. The highest BCUT2D eigenvalue weighted by molar-refractivity contribution is 5.70. The third-order valence-corrected chi connectivity index (χ3v) is 12.7. The minimum absolute atomic E-state index is 0.0169. The second-order valence-electron chi connectivity index (χ2n) is 17.6. The number of hydrogen-bond acceptors (Lipinski definition) is 20. The average molecular weight is 911 g/mol. The fourth-order valence-corrected chi connectivity index (χ4v) is 8.75. The molecular weight excluding hydrogens is 836 g/mol. The first-order valence-corrected chi connectivity index (χ1v) is 23.1. The number of unbranched alkanes of at least 4 members (excludes halogenated alkanes) is 2. The van der Waals surface area contributed by atoms with E-state index in [1.54, 1.807) is 6.92 Å². The maximum atomic E-state index is 13.7. The van der Waals surface area contributed by atoms with Gasteiger partial charge in [-0.15, -0.1) is 0 Å². The predicted octanol–water partition coefficient (Wildman–Crippen LogP) is 0.344. The van der Waals surface area contributed by atoms with Gasteiger partial charge in [0.15, 0.2) is 37.4 Å². The van der Waals surface area contributed by atoms with Crippen molar-refractivity contribution < 1.29 is 97.8 Å². The van der Waals surface area contributed by atoms with Crippen molar-refractivity contribution in [2.24, 2.45) is 0 Å². The van der Waals surface area contributed by atoms with Crippen LogP contribution < -0.4 is 0 Å². The molecule has 5 heterocycles. The summed E-state index contributed by atoms with van der Waals surface area (Å²) >= 11 is 0. The Kier molecular flexibility index (Phi) is 20.7. The lowest BCUT2D eigenvalue weighted by Gasteiger charge is -2.50. The van der Waals surface area contributed by atoms with Gasteiger partial charge in [0.2, 0.25) is 0 Å². The van der Waals surface area contributed by atoms with Crippen LogP contribution in [0.25, 0.3) is 0 Å². The number of rotatable bonds is 9. The molecule has 20 nitrogen and oxygen atoms in total. The van der Waals surface area contributed by atoms with Gasteiger partial charge >= 0.3 is 11.9 Å². The fraction of sp³-hybridized carbons (Fsp3) is 0.953. The third kappa shape index (κ3) is 13.5. The Morgan fingerprint density at radius 1 is 0.603 bits per heavy atom. The average Bonchev–Trinajstić information content (AvgIpc) is 3.25.